The standard InChI is InChI=1S/C15H29N3O2/c1-4-18-9-5-6-13(18)10-17(2)14(19)15(12-20-3)7-8-16-11-15/h13,16H,4-12H2,1-3H3. The van der Waals surface area contributed by atoms with Gasteiger partial charge in [-0.15, -0.1) is 0 Å². The zero-order valence-corrected chi connectivity index (χ0v) is 13.2. The van der Waals surface area contributed by atoms with E-state index in [1.807, 2.05) is 11.9 Å². The Hall–Kier alpha value is -0.650. The lowest BCUT2D eigenvalue weighted by Gasteiger charge is -2.34. The van der Waals surface area contributed by atoms with Gasteiger partial charge in [0.25, 0.3) is 0 Å². The quantitative estimate of drug-likeness (QED) is 0.773. The second kappa shape index (κ2) is 6.87. The molecule has 0 bridgehead atoms. The summed E-state index contributed by atoms with van der Waals surface area (Å²) in [6.45, 7) is 7.47. The predicted molar refractivity (Wildman–Crippen MR) is 79.7 cm³/mol. The first-order valence-electron chi connectivity index (χ1n) is 7.82. The molecule has 2 fully saturated rings. The average molecular weight is 283 g/mol. The molecule has 2 atom stereocenters. The molecule has 1 N–H and O–H groups in total. The number of carbonyl (C=O) groups is 1. The summed E-state index contributed by atoms with van der Waals surface area (Å²) in [4.78, 5) is 17.2. The van der Waals surface area contributed by atoms with Gasteiger partial charge >= 0.3 is 0 Å². The number of carbonyl (C=O) groups excluding carboxylic acids is 1. The monoisotopic (exact) mass is 283 g/mol. The Morgan fingerprint density at radius 2 is 2.35 bits per heavy atom. The van der Waals surface area contributed by atoms with Gasteiger partial charge in [-0.3, -0.25) is 9.69 Å². The van der Waals surface area contributed by atoms with Crippen LogP contribution in [0.3, 0.4) is 0 Å². The maximum atomic E-state index is 12.8. The Labute approximate surface area is 122 Å². The molecular weight excluding hydrogens is 254 g/mol. The van der Waals surface area contributed by atoms with Gasteiger partial charge in [-0.1, -0.05) is 6.92 Å². The number of nitrogens with one attached hydrogen (secondary N) is 1. The fourth-order valence-corrected chi connectivity index (χ4v) is 3.71. The summed E-state index contributed by atoms with van der Waals surface area (Å²) < 4.78 is 5.31. The molecule has 0 radical (unpaired) electrons. The van der Waals surface area contributed by atoms with Crippen molar-refractivity contribution >= 4 is 5.91 Å². The zero-order chi connectivity index (χ0) is 14.6. The van der Waals surface area contributed by atoms with Crippen molar-refractivity contribution in [2.75, 3.05) is 53.5 Å². The lowest BCUT2D eigenvalue weighted by Crippen LogP contribution is -2.50. The SMILES string of the molecule is CCN1CCCC1CN(C)C(=O)C1(COC)CCNC1. The van der Waals surface area contributed by atoms with E-state index in [2.05, 4.69) is 17.1 Å². The zero-order valence-electron chi connectivity index (χ0n) is 13.2. The molecule has 2 heterocycles. The summed E-state index contributed by atoms with van der Waals surface area (Å²) in [6, 6.07) is 0.530. The van der Waals surface area contributed by atoms with Gasteiger partial charge in [0.2, 0.25) is 5.91 Å². The number of hydrogen-bond donors (Lipinski definition) is 1. The Balaban J connectivity index is 1.96. The minimum Gasteiger partial charge on any atom is -0.384 e. The summed E-state index contributed by atoms with van der Waals surface area (Å²) in [6.07, 6.45) is 3.35. The van der Waals surface area contributed by atoms with Crippen LogP contribution in [0.4, 0.5) is 0 Å². The average Bonchev–Trinajstić information content (AvgIpc) is 3.08. The van der Waals surface area contributed by atoms with Gasteiger partial charge in [0.1, 0.15) is 0 Å². The molecule has 2 rings (SSSR count). The first-order valence-corrected chi connectivity index (χ1v) is 7.82. The smallest absolute Gasteiger partial charge is 0.232 e. The van der Waals surface area contributed by atoms with Gasteiger partial charge < -0.3 is 15.0 Å². The number of rotatable bonds is 6. The molecule has 2 aliphatic rings. The molecule has 5 nitrogen and oxygen atoms in total. The molecule has 0 aliphatic carbocycles. The van der Waals surface area contributed by atoms with Crippen molar-refractivity contribution < 1.29 is 9.53 Å². The van der Waals surface area contributed by atoms with Crippen molar-refractivity contribution in [2.45, 2.75) is 32.2 Å². The molecular formula is C15H29N3O2. The van der Waals surface area contributed by atoms with Gasteiger partial charge in [-0.05, 0) is 38.9 Å². The van der Waals surface area contributed by atoms with Gasteiger partial charge in [0.05, 0.1) is 12.0 Å². The van der Waals surface area contributed by atoms with E-state index in [4.69, 9.17) is 4.74 Å². The van der Waals surface area contributed by atoms with Gasteiger partial charge in [0.15, 0.2) is 0 Å². The second-order valence-corrected chi connectivity index (χ2v) is 6.25. The highest BCUT2D eigenvalue weighted by Crippen LogP contribution is 2.29. The van der Waals surface area contributed by atoms with Crippen molar-refractivity contribution in [3.8, 4) is 0 Å². The van der Waals surface area contributed by atoms with Crippen LogP contribution >= 0.6 is 0 Å². The van der Waals surface area contributed by atoms with E-state index < -0.39 is 0 Å². The normalized spacial score (nSPS) is 30.9. The maximum Gasteiger partial charge on any atom is 0.232 e. The number of nitrogens with zero attached hydrogens (tertiary/aromatic N) is 2. The molecule has 0 aromatic carbocycles. The molecule has 2 unspecified atom stereocenters. The van der Waals surface area contributed by atoms with E-state index in [-0.39, 0.29) is 11.3 Å². The fourth-order valence-electron chi connectivity index (χ4n) is 3.71. The molecule has 0 aromatic rings. The van der Waals surface area contributed by atoms with Crippen molar-refractivity contribution in [3.63, 3.8) is 0 Å². The number of likely N-dealkylation sites (N-methyl/N-ethyl adjacent to an activating group) is 2. The molecule has 5 heteroatoms. The summed E-state index contributed by atoms with van der Waals surface area (Å²) in [7, 11) is 3.63. The minimum atomic E-state index is -0.348. The van der Waals surface area contributed by atoms with E-state index in [0.717, 1.165) is 32.6 Å². The molecule has 0 aromatic heterocycles. The first-order chi connectivity index (χ1) is 9.63. The lowest BCUT2D eigenvalue weighted by molar-refractivity contribution is -0.143. The van der Waals surface area contributed by atoms with Crippen LogP contribution in [0.15, 0.2) is 0 Å². The Kier molecular flexibility index (Phi) is 5.41. The molecule has 2 saturated heterocycles. The molecule has 2 aliphatic heterocycles. The Morgan fingerprint density at radius 1 is 1.55 bits per heavy atom. The van der Waals surface area contributed by atoms with Crippen LogP contribution in [0, 0.1) is 5.41 Å². The summed E-state index contributed by atoms with van der Waals surface area (Å²) in [5, 5.41) is 3.31. The molecule has 20 heavy (non-hydrogen) atoms. The number of amides is 1. The Morgan fingerprint density at radius 3 is 2.95 bits per heavy atom. The van der Waals surface area contributed by atoms with Gasteiger partial charge in [0, 0.05) is 33.3 Å². The minimum absolute atomic E-state index is 0.243. The van der Waals surface area contributed by atoms with Gasteiger partial charge in [-0.2, -0.15) is 0 Å². The third kappa shape index (κ3) is 3.15. The number of ether oxygens (including phenoxy) is 1. The summed E-state index contributed by atoms with van der Waals surface area (Å²) in [5.41, 5.74) is -0.348. The van der Waals surface area contributed by atoms with Crippen molar-refractivity contribution in [1.82, 2.24) is 15.1 Å². The van der Waals surface area contributed by atoms with Crippen LogP contribution in [0.2, 0.25) is 0 Å². The second-order valence-electron chi connectivity index (χ2n) is 6.25. The largest absolute Gasteiger partial charge is 0.384 e. The van der Waals surface area contributed by atoms with E-state index in [1.165, 1.54) is 19.4 Å². The molecule has 1 amide bonds. The first kappa shape index (κ1) is 15.7. The fraction of sp³-hybridized carbons (Fsp3) is 0.933. The van der Waals surface area contributed by atoms with E-state index in [0.29, 0.717) is 12.6 Å². The lowest BCUT2D eigenvalue weighted by atomic mass is 9.86. The van der Waals surface area contributed by atoms with Crippen LogP contribution in [-0.4, -0.2) is 75.2 Å². The maximum absolute atomic E-state index is 12.8. The number of methoxy groups -OCH3 is 1. The highest BCUT2D eigenvalue weighted by molar-refractivity contribution is 5.83. The Bertz CT molecular complexity index is 329. The van der Waals surface area contributed by atoms with Crippen LogP contribution in [-0.2, 0) is 9.53 Å². The van der Waals surface area contributed by atoms with E-state index in [9.17, 15) is 4.79 Å². The van der Waals surface area contributed by atoms with Crippen LogP contribution in [0.5, 0.6) is 0 Å². The third-order valence-electron chi connectivity index (χ3n) is 4.85. The predicted octanol–water partition coefficient (Wildman–Crippen LogP) is 0.555. The van der Waals surface area contributed by atoms with E-state index >= 15 is 0 Å². The molecule has 116 valence electrons. The van der Waals surface area contributed by atoms with Crippen molar-refractivity contribution in [2.24, 2.45) is 5.41 Å². The molecule has 0 spiro atoms. The van der Waals surface area contributed by atoms with Crippen LogP contribution in [0.25, 0.3) is 0 Å². The van der Waals surface area contributed by atoms with Gasteiger partial charge in [-0.25, -0.2) is 0 Å². The highest BCUT2D eigenvalue weighted by atomic mass is 16.5. The van der Waals surface area contributed by atoms with E-state index in [1.54, 1.807) is 7.11 Å². The van der Waals surface area contributed by atoms with Crippen LogP contribution < -0.4 is 5.32 Å². The summed E-state index contributed by atoms with van der Waals surface area (Å²) >= 11 is 0. The number of likely N-dealkylation sites (tertiary alicyclic amines) is 1. The molecule has 0 saturated carbocycles. The topological polar surface area (TPSA) is 44.8 Å². The van der Waals surface area contributed by atoms with Crippen molar-refractivity contribution in [1.29, 1.82) is 0 Å². The highest BCUT2D eigenvalue weighted by Gasteiger charge is 2.43. The number of hydrogen-bond acceptors (Lipinski definition) is 4. The van der Waals surface area contributed by atoms with Crippen LogP contribution in [0.1, 0.15) is 26.2 Å². The summed E-state index contributed by atoms with van der Waals surface area (Å²) in [5.74, 6) is 0.243. The van der Waals surface area contributed by atoms with Crippen molar-refractivity contribution in [3.05, 3.63) is 0 Å². The third-order valence-corrected chi connectivity index (χ3v) is 4.85.